The van der Waals surface area contributed by atoms with E-state index in [0.29, 0.717) is 18.9 Å². The van der Waals surface area contributed by atoms with E-state index in [1.165, 1.54) is 22.9 Å². The smallest absolute Gasteiger partial charge is 0.230 e. The van der Waals surface area contributed by atoms with Crippen molar-refractivity contribution in [2.24, 2.45) is 7.05 Å². The molecule has 168 valence electrons. The molecule has 0 radical (unpaired) electrons. The molecular weight excluding hydrogens is 422 g/mol. The second-order valence-corrected chi connectivity index (χ2v) is 8.98. The highest BCUT2D eigenvalue weighted by molar-refractivity contribution is 7.99. The normalized spacial score (nSPS) is 16.8. The lowest BCUT2D eigenvalue weighted by Crippen LogP contribution is -2.47. The number of nitrogens with one attached hydrogen (secondary N) is 1. The summed E-state index contributed by atoms with van der Waals surface area (Å²) in [5.41, 5.74) is 3.49. The minimum atomic E-state index is -0.0288. The molecule has 0 spiro atoms. The van der Waals surface area contributed by atoms with Gasteiger partial charge in [0.25, 0.3) is 0 Å². The maximum atomic E-state index is 12.4. The number of hydrogen-bond acceptors (Lipinski definition) is 6. The van der Waals surface area contributed by atoms with Crippen LogP contribution in [0.5, 0.6) is 0 Å². The van der Waals surface area contributed by atoms with Gasteiger partial charge in [-0.3, -0.25) is 9.69 Å². The first-order valence-corrected chi connectivity index (χ1v) is 11.8. The van der Waals surface area contributed by atoms with Crippen molar-refractivity contribution in [3.63, 3.8) is 0 Å². The summed E-state index contributed by atoms with van der Waals surface area (Å²) in [5.74, 6) is 1.06. The predicted octanol–water partition coefficient (Wildman–Crippen LogP) is 2.90. The molecule has 32 heavy (non-hydrogen) atoms. The number of aryl methyl sites for hydroxylation is 1. The third-order valence-corrected chi connectivity index (χ3v) is 6.46. The zero-order valence-electron chi connectivity index (χ0n) is 18.5. The van der Waals surface area contributed by atoms with Gasteiger partial charge in [-0.2, -0.15) is 0 Å². The van der Waals surface area contributed by atoms with E-state index < -0.39 is 0 Å². The van der Waals surface area contributed by atoms with Crippen LogP contribution in [-0.4, -0.2) is 63.7 Å². The number of carbonyl (C=O) groups excluding carboxylic acids is 1. The van der Waals surface area contributed by atoms with Gasteiger partial charge in [0.15, 0.2) is 11.0 Å². The number of carbonyl (C=O) groups is 1. The Morgan fingerprint density at radius 1 is 1.19 bits per heavy atom. The van der Waals surface area contributed by atoms with E-state index >= 15 is 0 Å². The van der Waals surface area contributed by atoms with Crippen molar-refractivity contribution < 1.29 is 9.53 Å². The second-order valence-electron chi connectivity index (χ2n) is 8.04. The number of amides is 1. The molecule has 0 saturated carbocycles. The summed E-state index contributed by atoms with van der Waals surface area (Å²) < 4.78 is 7.78. The Labute approximate surface area is 193 Å². The minimum absolute atomic E-state index is 0.00385. The van der Waals surface area contributed by atoms with Gasteiger partial charge in [0, 0.05) is 38.8 Å². The van der Waals surface area contributed by atoms with E-state index in [2.05, 4.69) is 63.7 Å². The Bertz CT molecular complexity index is 1040. The number of hydrogen-bond donors (Lipinski definition) is 1. The Morgan fingerprint density at radius 2 is 2.03 bits per heavy atom. The molecule has 8 heteroatoms. The third-order valence-electron chi connectivity index (χ3n) is 5.44. The summed E-state index contributed by atoms with van der Waals surface area (Å²) in [6, 6.07) is 18.6. The molecule has 1 amide bonds. The largest absolute Gasteiger partial charge is 0.374 e. The lowest BCUT2D eigenvalue weighted by atomic mass is 10.1. The molecule has 0 unspecified atom stereocenters. The van der Waals surface area contributed by atoms with Crippen molar-refractivity contribution in [1.82, 2.24) is 25.0 Å². The average Bonchev–Trinajstić information content (AvgIpc) is 3.17. The van der Waals surface area contributed by atoms with E-state index in [1.54, 1.807) is 0 Å². The third kappa shape index (κ3) is 5.97. The van der Waals surface area contributed by atoms with Crippen LogP contribution in [0.4, 0.5) is 0 Å². The van der Waals surface area contributed by atoms with Crippen LogP contribution in [-0.2, 0) is 23.1 Å². The standard InChI is InChI=1S/C24H29N5O2S/c1-18-7-6-10-20(13-18)23-26-27-24(28(23)2)32-17-22(30)25-14-21-16-29(11-12-31-21)15-19-8-4-3-5-9-19/h3-10,13,21H,11-12,14-17H2,1-2H3,(H,25,30)/t21-/m0/s1. The van der Waals surface area contributed by atoms with E-state index in [0.717, 1.165) is 36.2 Å². The first-order valence-electron chi connectivity index (χ1n) is 10.8. The van der Waals surface area contributed by atoms with Crippen molar-refractivity contribution in [2.45, 2.75) is 24.7 Å². The molecule has 3 aromatic rings. The highest BCUT2D eigenvalue weighted by atomic mass is 32.2. The van der Waals surface area contributed by atoms with Gasteiger partial charge < -0.3 is 14.6 Å². The molecule has 0 bridgehead atoms. The van der Waals surface area contributed by atoms with Gasteiger partial charge in [-0.05, 0) is 18.6 Å². The molecule has 1 aliphatic rings. The van der Waals surface area contributed by atoms with E-state index in [9.17, 15) is 4.79 Å². The van der Waals surface area contributed by atoms with Crippen LogP contribution in [0.2, 0.25) is 0 Å². The number of rotatable bonds is 8. The van der Waals surface area contributed by atoms with Crippen molar-refractivity contribution >= 4 is 17.7 Å². The Hall–Kier alpha value is -2.68. The van der Waals surface area contributed by atoms with Gasteiger partial charge in [-0.1, -0.05) is 65.9 Å². The number of thioether (sulfide) groups is 1. The SMILES string of the molecule is Cc1cccc(-c2nnc(SCC(=O)NC[C@H]3CN(Cc4ccccc4)CCO3)n2C)c1. The topological polar surface area (TPSA) is 72.3 Å². The number of morpholine rings is 1. The van der Waals surface area contributed by atoms with Crippen molar-refractivity contribution in [3.05, 3.63) is 65.7 Å². The molecule has 4 rings (SSSR count). The van der Waals surface area contributed by atoms with E-state index in [1.807, 2.05) is 29.8 Å². The number of benzene rings is 2. The van der Waals surface area contributed by atoms with E-state index in [-0.39, 0.29) is 12.0 Å². The maximum Gasteiger partial charge on any atom is 0.230 e. The van der Waals surface area contributed by atoms with Crippen LogP contribution in [0.3, 0.4) is 0 Å². The molecule has 2 heterocycles. The average molecular weight is 452 g/mol. The molecule has 1 saturated heterocycles. The summed E-state index contributed by atoms with van der Waals surface area (Å²) in [6.45, 7) is 5.87. The molecule has 1 N–H and O–H groups in total. The Kier molecular flexibility index (Phi) is 7.57. The van der Waals surface area contributed by atoms with Crippen molar-refractivity contribution in [2.75, 3.05) is 32.0 Å². The van der Waals surface area contributed by atoms with E-state index in [4.69, 9.17) is 4.74 Å². The minimum Gasteiger partial charge on any atom is -0.374 e. The highest BCUT2D eigenvalue weighted by Gasteiger charge is 2.21. The van der Waals surface area contributed by atoms with Gasteiger partial charge >= 0.3 is 0 Å². The molecular formula is C24H29N5O2S. The summed E-state index contributed by atoms with van der Waals surface area (Å²) in [7, 11) is 1.93. The molecule has 1 aromatic heterocycles. The number of ether oxygens (including phenoxy) is 1. The zero-order valence-corrected chi connectivity index (χ0v) is 19.3. The molecule has 7 nitrogen and oxygen atoms in total. The molecule has 1 fully saturated rings. The second kappa shape index (κ2) is 10.8. The summed E-state index contributed by atoms with van der Waals surface area (Å²) in [5, 5.41) is 12.3. The predicted molar refractivity (Wildman–Crippen MR) is 126 cm³/mol. The van der Waals surface area contributed by atoms with Crippen LogP contribution < -0.4 is 5.32 Å². The highest BCUT2D eigenvalue weighted by Crippen LogP contribution is 2.23. The van der Waals surface area contributed by atoms with Gasteiger partial charge in [-0.15, -0.1) is 10.2 Å². The van der Waals surface area contributed by atoms with Crippen LogP contribution in [0, 0.1) is 6.92 Å². The van der Waals surface area contributed by atoms with Gasteiger partial charge in [0.1, 0.15) is 0 Å². The number of aromatic nitrogens is 3. The molecule has 1 atom stereocenters. The van der Waals surface area contributed by atoms with Gasteiger partial charge in [0.05, 0.1) is 18.5 Å². The first kappa shape index (κ1) is 22.5. The summed E-state index contributed by atoms with van der Waals surface area (Å²) >= 11 is 1.39. The van der Waals surface area contributed by atoms with Gasteiger partial charge in [0.2, 0.25) is 5.91 Å². The fourth-order valence-electron chi connectivity index (χ4n) is 3.77. The Balaban J connectivity index is 1.23. The van der Waals surface area contributed by atoms with Crippen molar-refractivity contribution in [1.29, 1.82) is 0 Å². The molecule has 1 aliphatic heterocycles. The Morgan fingerprint density at radius 3 is 2.84 bits per heavy atom. The van der Waals surface area contributed by atoms with Crippen molar-refractivity contribution in [3.8, 4) is 11.4 Å². The van der Waals surface area contributed by atoms with Gasteiger partial charge in [-0.25, -0.2) is 0 Å². The summed E-state index contributed by atoms with van der Waals surface area (Å²) in [4.78, 5) is 14.8. The molecule has 2 aromatic carbocycles. The maximum absolute atomic E-state index is 12.4. The monoisotopic (exact) mass is 451 g/mol. The summed E-state index contributed by atoms with van der Waals surface area (Å²) in [6.07, 6.45) is 0.00385. The lowest BCUT2D eigenvalue weighted by molar-refractivity contribution is -0.119. The first-order chi connectivity index (χ1) is 15.6. The lowest BCUT2D eigenvalue weighted by Gasteiger charge is -2.33. The molecule has 0 aliphatic carbocycles. The fraction of sp³-hybridized carbons (Fsp3) is 0.375. The zero-order chi connectivity index (χ0) is 22.3. The van der Waals surface area contributed by atoms with Crippen LogP contribution in [0.15, 0.2) is 59.8 Å². The number of nitrogens with zero attached hydrogens (tertiary/aromatic N) is 4. The van der Waals surface area contributed by atoms with Crippen LogP contribution in [0.1, 0.15) is 11.1 Å². The fourth-order valence-corrected chi connectivity index (χ4v) is 4.52. The van der Waals surface area contributed by atoms with Crippen LogP contribution >= 0.6 is 11.8 Å². The van der Waals surface area contributed by atoms with Crippen LogP contribution in [0.25, 0.3) is 11.4 Å². The quantitative estimate of drug-likeness (QED) is 0.531.